The molecule has 0 bridgehead atoms. The number of aromatic nitrogens is 3. The molecule has 4 rings (SSSR count). The van der Waals surface area contributed by atoms with Crippen LogP contribution in [0.4, 0.5) is 41.2 Å². The third-order valence-corrected chi connectivity index (χ3v) is 5.65. The number of anilines is 1. The van der Waals surface area contributed by atoms with Gasteiger partial charge in [-0.3, -0.25) is 4.90 Å². The summed E-state index contributed by atoms with van der Waals surface area (Å²) in [4.78, 5) is 13.5. The summed E-state index contributed by atoms with van der Waals surface area (Å²) < 4.78 is 102. The minimum absolute atomic E-state index is 0.0536. The quantitative estimate of drug-likeness (QED) is 0.465. The standard InChI is InChI=1S/C22H17F7N4O3/c1-32(13-4-2-12(23)3-5-13)20(35)36-19-16(18-10-33(31-30-18)14-8-15(34)9-14)6-11(21(24,25)26)7-17(19)22(27,28)29/h2-7,10,14-15,34H,8-9H2,1H3. The number of hydrogen-bond acceptors (Lipinski definition) is 5. The Kier molecular flexibility index (Phi) is 6.41. The number of hydrogen-bond donors (Lipinski definition) is 1. The van der Waals surface area contributed by atoms with Gasteiger partial charge in [0, 0.05) is 18.3 Å². The van der Waals surface area contributed by atoms with Crippen LogP contribution in [0.1, 0.15) is 30.0 Å². The molecule has 7 nitrogen and oxygen atoms in total. The molecule has 1 aliphatic carbocycles. The van der Waals surface area contributed by atoms with Crippen LogP contribution in [-0.2, 0) is 12.4 Å². The Bertz CT molecular complexity index is 1270. The highest BCUT2D eigenvalue weighted by atomic mass is 19.4. The van der Waals surface area contributed by atoms with Crippen LogP contribution >= 0.6 is 0 Å². The third kappa shape index (κ3) is 5.12. The molecule has 1 heterocycles. The number of halogens is 7. The number of amides is 1. The highest BCUT2D eigenvalue weighted by molar-refractivity contribution is 5.90. The molecule has 36 heavy (non-hydrogen) atoms. The number of carbonyl (C=O) groups excluding carboxylic acids is 1. The number of benzene rings is 2. The largest absolute Gasteiger partial charge is 0.420 e. The molecule has 0 spiro atoms. The van der Waals surface area contributed by atoms with E-state index in [9.17, 15) is 40.6 Å². The molecule has 0 radical (unpaired) electrons. The van der Waals surface area contributed by atoms with Crippen molar-refractivity contribution in [2.75, 3.05) is 11.9 Å². The lowest BCUT2D eigenvalue weighted by Gasteiger charge is -2.30. The SMILES string of the molecule is CN(C(=O)Oc1c(-c2cn(C3CC(O)C3)nn2)cc(C(F)(F)F)cc1C(F)(F)F)c1ccc(F)cc1. The van der Waals surface area contributed by atoms with E-state index >= 15 is 0 Å². The van der Waals surface area contributed by atoms with Crippen LogP contribution < -0.4 is 9.64 Å². The van der Waals surface area contributed by atoms with E-state index < -0.39 is 58.5 Å². The highest BCUT2D eigenvalue weighted by Gasteiger charge is 2.42. The van der Waals surface area contributed by atoms with Gasteiger partial charge in [0.2, 0.25) is 0 Å². The molecule has 1 saturated carbocycles. The van der Waals surface area contributed by atoms with Crippen molar-refractivity contribution >= 4 is 11.8 Å². The molecular formula is C22H17F7N4O3. The van der Waals surface area contributed by atoms with Crippen LogP contribution in [0.2, 0.25) is 0 Å². The molecule has 0 saturated heterocycles. The first-order valence-electron chi connectivity index (χ1n) is 10.4. The van der Waals surface area contributed by atoms with Crippen molar-refractivity contribution in [2.45, 2.75) is 37.3 Å². The Labute approximate surface area is 198 Å². The summed E-state index contributed by atoms with van der Waals surface area (Å²) in [7, 11) is 1.13. The predicted molar refractivity (Wildman–Crippen MR) is 111 cm³/mol. The van der Waals surface area contributed by atoms with E-state index in [-0.39, 0.29) is 30.6 Å². The lowest BCUT2D eigenvalue weighted by atomic mass is 9.90. The summed E-state index contributed by atoms with van der Waals surface area (Å²) in [5, 5.41) is 16.9. The van der Waals surface area contributed by atoms with E-state index in [0.717, 1.165) is 42.4 Å². The Balaban J connectivity index is 1.81. The topological polar surface area (TPSA) is 80.5 Å². The maximum absolute atomic E-state index is 13.9. The van der Waals surface area contributed by atoms with Crippen molar-refractivity contribution in [3.63, 3.8) is 0 Å². The zero-order valence-corrected chi connectivity index (χ0v) is 18.3. The summed E-state index contributed by atoms with van der Waals surface area (Å²) in [5.41, 5.74) is -4.59. The zero-order chi connectivity index (χ0) is 26.4. The normalized spacial score (nSPS) is 18.0. The Hall–Kier alpha value is -3.68. The maximum atomic E-state index is 13.9. The van der Waals surface area contributed by atoms with Crippen molar-refractivity contribution < 1.29 is 45.4 Å². The number of aliphatic hydroxyl groups excluding tert-OH is 1. The summed E-state index contributed by atoms with van der Waals surface area (Å²) in [6.07, 6.45) is -10.8. The average Bonchev–Trinajstić information content (AvgIpc) is 3.25. The lowest BCUT2D eigenvalue weighted by molar-refractivity contribution is -0.143. The minimum atomic E-state index is -5.34. The van der Waals surface area contributed by atoms with Gasteiger partial charge >= 0.3 is 18.4 Å². The first-order chi connectivity index (χ1) is 16.7. The second-order valence-electron chi connectivity index (χ2n) is 8.16. The Morgan fingerprint density at radius 3 is 2.28 bits per heavy atom. The molecule has 3 aromatic rings. The first-order valence-corrected chi connectivity index (χ1v) is 10.4. The van der Waals surface area contributed by atoms with Crippen LogP contribution in [0.5, 0.6) is 5.75 Å². The smallest absolute Gasteiger partial charge is 0.409 e. The molecule has 1 fully saturated rings. The number of rotatable bonds is 4. The van der Waals surface area contributed by atoms with Gasteiger partial charge < -0.3 is 9.84 Å². The van der Waals surface area contributed by atoms with Crippen LogP contribution in [-0.4, -0.2) is 39.3 Å². The van der Waals surface area contributed by atoms with Gasteiger partial charge in [-0.25, -0.2) is 13.9 Å². The van der Waals surface area contributed by atoms with E-state index in [0.29, 0.717) is 6.07 Å². The zero-order valence-electron chi connectivity index (χ0n) is 18.3. The van der Waals surface area contributed by atoms with Crippen LogP contribution in [0.25, 0.3) is 11.3 Å². The number of aliphatic hydroxyl groups is 1. The summed E-state index contributed by atoms with van der Waals surface area (Å²) in [6.45, 7) is 0. The van der Waals surface area contributed by atoms with Crippen molar-refractivity contribution in [3.05, 3.63) is 59.5 Å². The second kappa shape index (κ2) is 9.08. The highest BCUT2D eigenvalue weighted by Crippen LogP contribution is 2.46. The Morgan fingerprint density at radius 1 is 1.08 bits per heavy atom. The maximum Gasteiger partial charge on any atom is 0.420 e. The van der Waals surface area contributed by atoms with Crippen molar-refractivity contribution in [1.82, 2.24) is 15.0 Å². The molecule has 1 aromatic heterocycles. The summed E-state index contributed by atoms with van der Waals surface area (Å²) in [5.74, 6) is -1.83. The fraction of sp³-hybridized carbons (Fsp3) is 0.318. The van der Waals surface area contributed by atoms with E-state index in [2.05, 4.69) is 10.3 Å². The van der Waals surface area contributed by atoms with Gasteiger partial charge in [-0.15, -0.1) is 5.10 Å². The number of ether oxygens (including phenoxy) is 1. The molecule has 1 N–H and O–H groups in total. The number of nitrogens with zero attached hydrogens (tertiary/aromatic N) is 4. The fourth-order valence-corrected chi connectivity index (χ4v) is 3.58. The number of carbonyl (C=O) groups is 1. The van der Waals surface area contributed by atoms with Crippen LogP contribution in [0, 0.1) is 5.82 Å². The minimum Gasteiger partial charge on any atom is -0.409 e. The van der Waals surface area contributed by atoms with Crippen LogP contribution in [0.15, 0.2) is 42.6 Å². The molecule has 192 valence electrons. The molecule has 14 heteroatoms. The summed E-state index contributed by atoms with van der Waals surface area (Å²) >= 11 is 0. The molecular weight excluding hydrogens is 501 g/mol. The lowest BCUT2D eigenvalue weighted by Crippen LogP contribution is -2.31. The van der Waals surface area contributed by atoms with Gasteiger partial charge in [-0.2, -0.15) is 26.3 Å². The molecule has 0 unspecified atom stereocenters. The first kappa shape index (κ1) is 25.4. The molecule has 1 amide bonds. The van der Waals surface area contributed by atoms with E-state index in [4.69, 9.17) is 4.74 Å². The second-order valence-corrected chi connectivity index (χ2v) is 8.16. The molecule has 0 atom stereocenters. The Morgan fingerprint density at radius 2 is 1.72 bits per heavy atom. The van der Waals surface area contributed by atoms with Crippen molar-refractivity contribution in [3.8, 4) is 17.0 Å². The van der Waals surface area contributed by atoms with E-state index in [1.54, 1.807) is 0 Å². The van der Waals surface area contributed by atoms with Crippen LogP contribution in [0.3, 0.4) is 0 Å². The van der Waals surface area contributed by atoms with Gasteiger partial charge in [0.1, 0.15) is 11.5 Å². The molecule has 1 aliphatic rings. The fourth-order valence-electron chi connectivity index (χ4n) is 3.58. The summed E-state index contributed by atoms with van der Waals surface area (Å²) in [6, 6.07) is 4.21. The van der Waals surface area contributed by atoms with Crippen molar-refractivity contribution in [1.29, 1.82) is 0 Å². The molecule has 0 aliphatic heterocycles. The van der Waals surface area contributed by atoms with Gasteiger partial charge in [0.25, 0.3) is 0 Å². The van der Waals surface area contributed by atoms with Crippen molar-refractivity contribution in [2.24, 2.45) is 0 Å². The number of alkyl halides is 6. The monoisotopic (exact) mass is 518 g/mol. The third-order valence-electron chi connectivity index (χ3n) is 5.65. The average molecular weight is 518 g/mol. The predicted octanol–water partition coefficient (Wildman–Crippen LogP) is 5.45. The molecule has 2 aromatic carbocycles. The van der Waals surface area contributed by atoms with Gasteiger partial charge in [-0.1, -0.05) is 5.21 Å². The van der Waals surface area contributed by atoms with E-state index in [1.807, 2.05) is 0 Å². The van der Waals surface area contributed by atoms with Gasteiger partial charge in [-0.05, 0) is 49.2 Å². The van der Waals surface area contributed by atoms with E-state index in [1.165, 1.54) is 4.68 Å². The van der Waals surface area contributed by atoms with Gasteiger partial charge in [0.15, 0.2) is 5.75 Å². The van der Waals surface area contributed by atoms with Gasteiger partial charge in [0.05, 0.1) is 29.5 Å².